The molecule has 0 radical (unpaired) electrons. The van der Waals surface area contributed by atoms with Gasteiger partial charge >= 0.3 is 0 Å². The van der Waals surface area contributed by atoms with Crippen LogP contribution in [-0.4, -0.2) is 24.2 Å². The van der Waals surface area contributed by atoms with Crippen LogP contribution < -0.4 is 0 Å². The highest BCUT2D eigenvalue weighted by atomic mass is 35.5. The Morgan fingerprint density at radius 1 is 1.53 bits per heavy atom. The number of amides is 1. The molecule has 0 aliphatic carbocycles. The van der Waals surface area contributed by atoms with Crippen LogP contribution in [0.15, 0.2) is 23.1 Å². The van der Waals surface area contributed by atoms with Crippen molar-refractivity contribution < 1.29 is 4.79 Å². The first-order valence-corrected chi connectivity index (χ1v) is 5.33. The fourth-order valence-corrected chi connectivity index (χ4v) is 1.83. The van der Waals surface area contributed by atoms with Crippen LogP contribution in [0.25, 0.3) is 0 Å². The number of benzene rings is 1. The topological polar surface area (TPSA) is 44.1 Å². The first-order valence-electron chi connectivity index (χ1n) is 4.13. The molecular formula is C10H9ClN2OS. The Labute approximate surface area is 97.6 Å². The Hall–Kier alpha value is -1.18. The molecule has 1 aromatic rings. The molecule has 0 atom stereocenters. The smallest absolute Gasteiger partial charge is 0.285 e. The van der Waals surface area contributed by atoms with Gasteiger partial charge in [-0.1, -0.05) is 11.6 Å². The van der Waals surface area contributed by atoms with Gasteiger partial charge in [0.15, 0.2) is 0 Å². The fraction of sp³-hybridized carbons (Fsp3) is 0.200. The number of hydrogen-bond donors (Lipinski definition) is 0. The Morgan fingerprint density at radius 2 is 2.20 bits per heavy atom. The van der Waals surface area contributed by atoms with Crippen molar-refractivity contribution in [3.05, 3.63) is 28.8 Å². The highest BCUT2D eigenvalue weighted by molar-refractivity contribution is 8.13. The number of rotatable bonds is 1. The highest BCUT2D eigenvalue weighted by Gasteiger charge is 2.08. The van der Waals surface area contributed by atoms with Crippen molar-refractivity contribution >= 4 is 28.6 Å². The number of thioether (sulfide) groups is 1. The lowest BCUT2D eigenvalue weighted by molar-refractivity contribution is 0.241. The van der Waals surface area contributed by atoms with E-state index in [-0.39, 0.29) is 5.24 Å². The van der Waals surface area contributed by atoms with E-state index in [0.717, 1.165) is 16.7 Å². The Kier molecular flexibility index (Phi) is 4.01. The summed E-state index contributed by atoms with van der Waals surface area (Å²) < 4.78 is 0. The number of hydrogen-bond acceptors (Lipinski definition) is 3. The van der Waals surface area contributed by atoms with Crippen molar-refractivity contribution in [1.29, 1.82) is 5.26 Å². The van der Waals surface area contributed by atoms with Gasteiger partial charge in [-0.3, -0.25) is 4.79 Å². The molecule has 15 heavy (non-hydrogen) atoms. The highest BCUT2D eigenvalue weighted by Crippen LogP contribution is 2.25. The maximum absolute atomic E-state index is 11.4. The van der Waals surface area contributed by atoms with Crippen LogP contribution in [0.5, 0.6) is 0 Å². The molecule has 0 aliphatic rings. The molecule has 0 spiro atoms. The lowest BCUT2D eigenvalue weighted by Crippen LogP contribution is -2.15. The quantitative estimate of drug-likeness (QED) is 0.709. The Morgan fingerprint density at radius 3 is 2.67 bits per heavy atom. The SMILES string of the molecule is CN(C)C(=O)Sc1ccc(C#N)c(Cl)c1. The number of nitriles is 1. The molecule has 0 heterocycles. The van der Waals surface area contributed by atoms with E-state index >= 15 is 0 Å². The molecule has 1 rings (SSSR count). The van der Waals surface area contributed by atoms with Gasteiger partial charge in [-0.2, -0.15) is 5.26 Å². The molecule has 0 N–H and O–H groups in total. The van der Waals surface area contributed by atoms with Crippen molar-refractivity contribution in [1.82, 2.24) is 4.90 Å². The summed E-state index contributed by atoms with van der Waals surface area (Å²) in [5, 5.41) is 8.96. The Balaban J connectivity index is 2.86. The van der Waals surface area contributed by atoms with Gasteiger partial charge in [0.2, 0.25) is 0 Å². The van der Waals surface area contributed by atoms with Gasteiger partial charge in [0.25, 0.3) is 5.24 Å². The van der Waals surface area contributed by atoms with Gasteiger partial charge in [0.1, 0.15) is 6.07 Å². The van der Waals surface area contributed by atoms with E-state index in [2.05, 4.69) is 0 Å². The third kappa shape index (κ3) is 3.15. The lowest BCUT2D eigenvalue weighted by atomic mass is 10.2. The summed E-state index contributed by atoms with van der Waals surface area (Å²) in [7, 11) is 3.36. The van der Waals surface area contributed by atoms with E-state index in [4.69, 9.17) is 16.9 Å². The second kappa shape index (κ2) is 5.06. The van der Waals surface area contributed by atoms with Crippen LogP contribution in [-0.2, 0) is 0 Å². The minimum absolute atomic E-state index is 0.0734. The van der Waals surface area contributed by atoms with Crippen LogP contribution in [0.2, 0.25) is 5.02 Å². The number of halogens is 1. The first-order chi connectivity index (χ1) is 7.04. The van der Waals surface area contributed by atoms with Crippen molar-refractivity contribution in [2.75, 3.05) is 14.1 Å². The maximum Gasteiger partial charge on any atom is 0.285 e. The van der Waals surface area contributed by atoms with Gasteiger partial charge in [-0.05, 0) is 30.0 Å². The standard InChI is InChI=1S/C10H9ClN2OS/c1-13(2)10(14)15-8-4-3-7(6-12)9(11)5-8/h3-5H,1-2H3. The van der Waals surface area contributed by atoms with Crippen molar-refractivity contribution in [3.8, 4) is 6.07 Å². The molecule has 78 valence electrons. The molecule has 0 bridgehead atoms. The normalized spacial score (nSPS) is 9.47. The molecule has 3 nitrogen and oxygen atoms in total. The largest absolute Gasteiger partial charge is 0.339 e. The Bertz CT molecular complexity index is 426. The minimum Gasteiger partial charge on any atom is -0.339 e. The molecule has 0 saturated carbocycles. The number of carbonyl (C=O) groups excluding carboxylic acids is 1. The number of carbonyl (C=O) groups is 1. The van der Waals surface area contributed by atoms with Crippen LogP contribution >= 0.6 is 23.4 Å². The average Bonchev–Trinajstić information content (AvgIpc) is 2.18. The summed E-state index contributed by atoms with van der Waals surface area (Å²) in [6.07, 6.45) is 0. The molecule has 0 aromatic heterocycles. The first kappa shape index (κ1) is 11.9. The van der Waals surface area contributed by atoms with Gasteiger partial charge < -0.3 is 4.90 Å². The van der Waals surface area contributed by atoms with Gasteiger partial charge in [0, 0.05) is 19.0 Å². The second-order valence-electron chi connectivity index (χ2n) is 3.02. The summed E-state index contributed by atoms with van der Waals surface area (Å²) in [4.78, 5) is 13.6. The van der Waals surface area contributed by atoms with Gasteiger partial charge in [-0.15, -0.1) is 0 Å². The van der Waals surface area contributed by atoms with Crippen LogP contribution in [0.1, 0.15) is 5.56 Å². The lowest BCUT2D eigenvalue weighted by Gasteiger charge is -2.09. The molecule has 0 unspecified atom stereocenters. The van der Waals surface area contributed by atoms with Crippen LogP contribution in [0.3, 0.4) is 0 Å². The summed E-state index contributed by atoms with van der Waals surface area (Å²) in [5.41, 5.74) is 0.415. The van der Waals surface area contributed by atoms with Gasteiger partial charge in [-0.25, -0.2) is 0 Å². The van der Waals surface area contributed by atoms with Crippen LogP contribution in [0.4, 0.5) is 4.79 Å². The molecule has 1 aromatic carbocycles. The van der Waals surface area contributed by atoms with Crippen LogP contribution in [0, 0.1) is 11.3 Å². The summed E-state index contributed by atoms with van der Waals surface area (Å²) in [5.74, 6) is 0. The zero-order valence-corrected chi connectivity index (χ0v) is 9.89. The second-order valence-corrected chi connectivity index (χ2v) is 4.45. The summed E-state index contributed by atoms with van der Waals surface area (Å²) >= 11 is 6.91. The van der Waals surface area contributed by atoms with E-state index in [9.17, 15) is 4.79 Å². The summed E-state index contributed by atoms with van der Waals surface area (Å²) in [6.45, 7) is 0. The van der Waals surface area contributed by atoms with E-state index in [1.807, 2.05) is 6.07 Å². The molecule has 5 heteroatoms. The fourth-order valence-electron chi connectivity index (χ4n) is 0.842. The van der Waals surface area contributed by atoms with Crippen molar-refractivity contribution in [2.24, 2.45) is 0 Å². The third-order valence-electron chi connectivity index (χ3n) is 1.63. The van der Waals surface area contributed by atoms with E-state index < -0.39 is 0 Å². The molecule has 0 aliphatic heterocycles. The van der Waals surface area contributed by atoms with E-state index in [0.29, 0.717) is 10.6 Å². The van der Waals surface area contributed by atoms with Gasteiger partial charge in [0.05, 0.1) is 10.6 Å². The predicted molar refractivity (Wildman–Crippen MR) is 61.1 cm³/mol. The minimum atomic E-state index is -0.0734. The van der Waals surface area contributed by atoms with Crippen molar-refractivity contribution in [3.63, 3.8) is 0 Å². The summed E-state index contributed by atoms with van der Waals surface area (Å²) in [6, 6.07) is 6.89. The maximum atomic E-state index is 11.4. The predicted octanol–water partition coefficient (Wildman–Crippen LogP) is 2.99. The third-order valence-corrected chi connectivity index (χ3v) is 2.97. The molecule has 1 amide bonds. The molecule has 0 saturated heterocycles. The zero-order valence-electron chi connectivity index (χ0n) is 8.32. The zero-order chi connectivity index (χ0) is 11.4. The van der Waals surface area contributed by atoms with Crippen molar-refractivity contribution in [2.45, 2.75) is 4.90 Å². The van der Waals surface area contributed by atoms with E-state index in [1.54, 1.807) is 32.3 Å². The molecule has 0 fully saturated rings. The number of nitrogens with zero attached hydrogens (tertiary/aromatic N) is 2. The molecular weight excluding hydrogens is 232 g/mol. The average molecular weight is 241 g/mol. The monoisotopic (exact) mass is 240 g/mol. The van der Waals surface area contributed by atoms with E-state index in [1.165, 1.54) is 4.90 Å².